The largest absolute Gasteiger partial charge is 0.355 e. The molecule has 162 valence electrons. The number of nitrogens with one attached hydrogen (secondary N) is 2. The SMILES string of the molecule is Cc1ccc(Nc2ccc(-c3ccc(Nc4ccc(C)c(C)c4)c(C)c3)cc2C)cc1C. The highest BCUT2D eigenvalue weighted by atomic mass is 14.9. The van der Waals surface area contributed by atoms with Crippen molar-refractivity contribution < 1.29 is 0 Å². The molecule has 2 N–H and O–H groups in total. The van der Waals surface area contributed by atoms with Crippen molar-refractivity contribution in [2.24, 2.45) is 0 Å². The molecule has 0 aliphatic rings. The number of hydrogen-bond donors (Lipinski definition) is 2. The van der Waals surface area contributed by atoms with Gasteiger partial charge in [-0.25, -0.2) is 0 Å². The number of rotatable bonds is 5. The Kier molecular flexibility index (Phi) is 6.05. The molecule has 0 saturated carbocycles. The van der Waals surface area contributed by atoms with E-state index in [1.54, 1.807) is 0 Å². The van der Waals surface area contributed by atoms with Gasteiger partial charge in [-0.15, -0.1) is 0 Å². The molecule has 0 aromatic heterocycles. The highest BCUT2D eigenvalue weighted by Crippen LogP contribution is 2.31. The van der Waals surface area contributed by atoms with Crippen LogP contribution in [0.5, 0.6) is 0 Å². The lowest BCUT2D eigenvalue weighted by Gasteiger charge is -2.15. The van der Waals surface area contributed by atoms with Gasteiger partial charge >= 0.3 is 0 Å². The first-order chi connectivity index (χ1) is 15.3. The van der Waals surface area contributed by atoms with Crippen molar-refractivity contribution in [3.05, 3.63) is 106 Å². The Morgan fingerprint density at radius 1 is 0.375 bits per heavy atom. The van der Waals surface area contributed by atoms with Crippen LogP contribution in [0.1, 0.15) is 33.4 Å². The summed E-state index contributed by atoms with van der Waals surface area (Å²) in [5, 5.41) is 7.13. The van der Waals surface area contributed by atoms with Crippen LogP contribution >= 0.6 is 0 Å². The van der Waals surface area contributed by atoms with Gasteiger partial charge in [0.25, 0.3) is 0 Å². The zero-order valence-corrected chi connectivity index (χ0v) is 19.9. The maximum absolute atomic E-state index is 3.57. The van der Waals surface area contributed by atoms with Crippen LogP contribution in [0.25, 0.3) is 11.1 Å². The molecular weight excluding hydrogens is 388 g/mol. The summed E-state index contributed by atoms with van der Waals surface area (Å²) in [5.41, 5.74) is 14.7. The van der Waals surface area contributed by atoms with Gasteiger partial charge in [0.05, 0.1) is 0 Å². The maximum Gasteiger partial charge on any atom is 0.0414 e. The molecule has 0 amide bonds. The molecule has 32 heavy (non-hydrogen) atoms. The molecule has 0 unspecified atom stereocenters. The van der Waals surface area contributed by atoms with Crippen LogP contribution in [0.15, 0.2) is 72.8 Å². The summed E-state index contributed by atoms with van der Waals surface area (Å²) in [5.74, 6) is 0. The van der Waals surface area contributed by atoms with Crippen LogP contribution in [0.4, 0.5) is 22.7 Å². The van der Waals surface area contributed by atoms with Gasteiger partial charge in [0.2, 0.25) is 0 Å². The number of hydrogen-bond acceptors (Lipinski definition) is 2. The molecule has 0 bridgehead atoms. The Labute approximate surface area is 192 Å². The van der Waals surface area contributed by atoms with E-state index in [-0.39, 0.29) is 0 Å². The highest BCUT2D eigenvalue weighted by molar-refractivity contribution is 5.75. The first kappa shape index (κ1) is 21.7. The molecule has 4 aromatic rings. The summed E-state index contributed by atoms with van der Waals surface area (Å²) < 4.78 is 0. The van der Waals surface area contributed by atoms with Crippen molar-refractivity contribution in [3.8, 4) is 11.1 Å². The standard InChI is InChI=1S/C30H32N2/c1-19-7-11-27(17-21(19)3)31-29-13-9-25(15-23(29)5)26-10-14-30(24(6)16-26)32-28-12-8-20(2)22(4)18-28/h7-18,31-32H,1-6H3. The predicted molar refractivity (Wildman–Crippen MR) is 140 cm³/mol. The third-order valence-electron chi connectivity index (χ3n) is 6.36. The Hall–Kier alpha value is -3.52. The molecule has 0 heterocycles. The molecule has 4 rings (SSSR count). The van der Waals surface area contributed by atoms with E-state index in [1.807, 2.05) is 0 Å². The highest BCUT2D eigenvalue weighted by Gasteiger charge is 2.07. The van der Waals surface area contributed by atoms with Gasteiger partial charge in [-0.3, -0.25) is 0 Å². The number of benzene rings is 4. The fourth-order valence-electron chi connectivity index (χ4n) is 3.92. The van der Waals surface area contributed by atoms with E-state index in [9.17, 15) is 0 Å². The summed E-state index contributed by atoms with van der Waals surface area (Å²) in [7, 11) is 0. The van der Waals surface area contributed by atoms with Gasteiger partial charge in [-0.2, -0.15) is 0 Å². The minimum atomic E-state index is 1.13. The van der Waals surface area contributed by atoms with Crippen molar-refractivity contribution in [1.82, 2.24) is 0 Å². The van der Waals surface area contributed by atoms with Gasteiger partial charge in [0, 0.05) is 22.7 Å². The smallest absolute Gasteiger partial charge is 0.0414 e. The number of aryl methyl sites for hydroxylation is 6. The first-order valence-electron chi connectivity index (χ1n) is 11.2. The van der Waals surface area contributed by atoms with Crippen LogP contribution < -0.4 is 10.6 Å². The van der Waals surface area contributed by atoms with E-state index in [1.165, 1.54) is 44.5 Å². The Morgan fingerprint density at radius 3 is 1.12 bits per heavy atom. The second-order valence-corrected chi connectivity index (χ2v) is 8.91. The van der Waals surface area contributed by atoms with Gasteiger partial charge in [-0.05, 0) is 135 Å². The quantitative estimate of drug-likeness (QED) is 0.337. The summed E-state index contributed by atoms with van der Waals surface area (Å²) in [4.78, 5) is 0. The third-order valence-corrected chi connectivity index (χ3v) is 6.36. The van der Waals surface area contributed by atoms with Crippen LogP contribution in [0.2, 0.25) is 0 Å². The Morgan fingerprint density at radius 2 is 0.781 bits per heavy atom. The predicted octanol–water partition coefficient (Wildman–Crippen LogP) is 8.69. The average molecular weight is 421 g/mol. The number of anilines is 4. The molecule has 0 spiro atoms. The van der Waals surface area contributed by atoms with Crippen molar-refractivity contribution in [3.63, 3.8) is 0 Å². The summed E-state index contributed by atoms with van der Waals surface area (Å²) in [6.45, 7) is 12.9. The maximum atomic E-state index is 3.57. The minimum absolute atomic E-state index is 1.13. The zero-order chi connectivity index (χ0) is 22.8. The molecule has 2 nitrogen and oxygen atoms in total. The van der Waals surface area contributed by atoms with E-state index < -0.39 is 0 Å². The average Bonchev–Trinajstić information content (AvgIpc) is 2.76. The lowest BCUT2D eigenvalue weighted by atomic mass is 9.99. The monoisotopic (exact) mass is 420 g/mol. The van der Waals surface area contributed by atoms with Crippen LogP contribution in [0.3, 0.4) is 0 Å². The molecule has 4 aromatic carbocycles. The van der Waals surface area contributed by atoms with Crippen LogP contribution in [-0.2, 0) is 0 Å². The molecule has 2 heteroatoms. The lowest BCUT2D eigenvalue weighted by Crippen LogP contribution is -1.96. The van der Waals surface area contributed by atoms with E-state index in [0.717, 1.165) is 22.7 Å². The molecular formula is C30H32N2. The lowest BCUT2D eigenvalue weighted by molar-refractivity contribution is 1.33. The fraction of sp³-hybridized carbons (Fsp3) is 0.200. The molecule has 0 atom stereocenters. The van der Waals surface area contributed by atoms with Crippen molar-refractivity contribution in [1.29, 1.82) is 0 Å². The van der Waals surface area contributed by atoms with E-state index >= 15 is 0 Å². The van der Waals surface area contributed by atoms with Gasteiger partial charge in [0.15, 0.2) is 0 Å². The summed E-state index contributed by atoms with van der Waals surface area (Å²) >= 11 is 0. The Balaban J connectivity index is 1.54. The van der Waals surface area contributed by atoms with Gasteiger partial charge in [-0.1, -0.05) is 24.3 Å². The Bertz CT molecular complexity index is 1180. The van der Waals surface area contributed by atoms with E-state index in [4.69, 9.17) is 0 Å². The topological polar surface area (TPSA) is 24.1 Å². The third kappa shape index (κ3) is 4.70. The molecule has 0 saturated heterocycles. The van der Waals surface area contributed by atoms with Gasteiger partial charge < -0.3 is 10.6 Å². The second kappa shape index (κ2) is 8.92. The van der Waals surface area contributed by atoms with E-state index in [0.29, 0.717) is 0 Å². The molecule has 0 aliphatic carbocycles. The molecule has 0 aliphatic heterocycles. The normalized spacial score (nSPS) is 10.8. The van der Waals surface area contributed by atoms with E-state index in [2.05, 4.69) is 125 Å². The summed E-state index contributed by atoms with van der Waals surface area (Å²) in [6.07, 6.45) is 0. The van der Waals surface area contributed by atoms with Crippen LogP contribution in [-0.4, -0.2) is 0 Å². The van der Waals surface area contributed by atoms with Crippen molar-refractivity contribution in [2.75, 3.05) is 10.6 Å². The van der Waals surface area contributed by atoms with Gasteiger partial charge in [0.1, 0.15) is 0 Å². The van der Waals surface area contributed by atoms with Crippen LogP contribution in [0, 0.1) is 41.5 Å². The minimum Gasteiger partial charge on any atom is -0.355 e. The van der Waals surface area contributed by atoms with Crippen molar-refractivity contribution in [2.45, 2.75) is 41.5 Å². The van der Waals surface area contributed by atoms with Crippen molar-refractivity contribution >= 4 is 22.7 Å². The zero-order valence-electron chi connectivity index (χ0n) is 19.9. The molecule has 0 radical (unpaired) electrons. The fourth-order valence-corrected chi connectivity index (χ4v) is 3.92. The summed E-state index contributed by atoms with van der Waals surface area (Å²) in [6, 6.07) is 26.3. The molecule has 0 fully saturated rings. The first-order valence-corrected chi connectivity index (χ1v) is 11.2. The second-order valence-electron chi connectivity index (χ2n) is 8.91.